The van der Waals surface area contributed by atoms with Gasteiger partial charge in [-0.3, -0.25) is 14.9 Å². The molecule has 1 N–H and O–H groups in total. The highest BCUT2D eigenvalue weighted by molar-refractivity contribution is 7.99. The van der Waals surface area contributed by atoms with Crippen LogP contribution in [0.3, 0.4) is 0 Å². The van der Waals surface area contributed by atoms with E-state index in [0.717, 1.165) is 17.4 Å². The second-order valence-electron chi connectivity index (χ2n) is 4.96. The first-order valence-electron chi connectivity index (χ1n) is 7.25. The third kappa shape index (κ3) is 4.16. The van der Waals surface area contributed by atoms with Crippen molar-refractivity contribution in [2.45, 2.75) is 5.16 Å². The molecule has 1 amide bonds. The first-order valence-corrected chi connectivity index (χ1v) is 8.61. The molecule has 0 saturated heterocycles. The Kier molecular flexibility index (Phi) is 5.44. The summed E-state index contributed by atoms with van der Waals surface area (Å²) in [5.41, 5.74) is 0.559. The molecule has 0 radical (unpaired) electrons. The van der Waals surface area contributed by atoms with E-state index in [1.165, 1.54) is 22.9 Å². The quantitative estimate of drug-likeness (QED) is 0.390. The molecule has 3 aromatic rings. The zero-order valence-electron chi connectivity index (χ0n) is 13.1. The molecule has 0 aliphatic rings. The van der Waals surface area contributed by atoms with Gasteiger partial charge in [-0.1, -0.05) is 41.6 Å². The van der Waals surface area contributed by atoms with Crippen LogP contribution in [0.15, 0.2) is 53.7 Å². The van der Waals surface area contributed by atoms with Gasteiger partial charge in [0.2, 0.25) is 11.1 Å². The molecule has 0 fully saturated rings. The topological polar surface area (TPSA) is 116 Å². The van der Waals surface area contributed by atoms with Crippen molar-refractivity contribution < 1.29 is 9.72 Å². The van der Waals surface area contributed by atoms with Crippen molar-refractivity contribution in [3.63, 3.8) is 0 Å². The molecule has 3 rings (SSSR count). The van der Waals surface area contributed by atoms with Crippen molar-refractivity contribution in [1.29, 1.82) is 0 Å². The number of hydrogen-bond donors (Lipinski definition) is 1. The van der Waals surface area contributed by atoms with E-state index in [4.69, 9.17) is 11.6 Å². The molecule has 0 spiro atoms. The Morgan fingerprint density at radius 1 is 1.27 bits per heavy atom. The van der Waals surface area contributed by atoms with Gasteiger partial charge >= 0.3 is 0 Å². The molecule has 9 nitrogen and oxygen atoms in total. The second-order valence-corrected chi connectivity index (χ2v) is 6.34. The highest BCUT2D eigenvalue weighted by Crippen LogP contribution is 2.28. The minimum Gasteiger partial charge on any atom is -0.320 e. The SMILES string of the molecule is O=C(CSc1nnnn1-c1ccccc1)Nc1cc(Cl)ccc1[N+](=O)[O-]. The Hall–Kier alpha value is -2.98. The van der Waals surface area contributed by atoms with Crippen LogP contribution < -0.4 is 5.32 Å². The summed E-state index contributed by atoms with van der Waals surface area (Å²) in [5.74, 6) is -0.473. The van der Waals surface area contributed by atoms with Crippen molar-refractivity contribution in [1.82, 2.24) is 20.2 Å². The lowest BCUT2D eigenvalue weighted by atomic mass is 10.2. The Morgan fingerprint density at radius 2 is 2.04 bits per heavy atom. The summed E-state index contributed by atoms with van der Waals surface area (Å²) >= 11 is 6.95. The molecule has 0 atom stereocenters. The Bertz CT molecular complexity index is 950. The summed E-state index contributed by atoms with van der Waals surface area (Å²) in [7, 11) is 0. The van der Waals surface area contributed by atoms with Crippen LogP contribution in [-0.2, 0) is 4.79 Å². The Labute approximate surface area is 156 Å². The van der Waals surface area contributed by atoms with Crippen LogP contribution in [0.2, 0.25) is 5.02 Å². The summed E-state index contributed by atoms with van der Waals surface area (Å²) in [5, 5.41) is 25.6. The average molecular weight is 391 g/mol. The van der Waals surface area contributed by atoms with Crippen molar-refractivity contribution in [2.24, 2.45) is 0 Å². The number of thioether (sulfide) groups is 1. The third-order valence-electron chi connectivity index (χ3n) is 3.20. The average Bonchev–Trinajstić information content (AvgIpc) is 3.09. The lowest BCUT2D eigenvalue weighted by molar-refractivity contribution is -0.383. The maximum absolute atomic E-state index is 12.2. The molecule has 26 heavy (non-hydrogen) atoms. The van der Waals surface area contributed by atoms with Crippen LogP contribution in [0.5, 0.6) is 0 Å². The fraction of sp³-hybridized carbons (Fsp3) is 0.0667. The molecule has 132 valence electrons. The first-order chi connectivity index (χ1) is 12.5. The van der Waals surface area contributed by atoms with Crippen molar-refractivity contribution in [3.8, 4) is 5.69 Å². The van der Waals surface area contributed by atoms with Gasteiger partial charge in [0.05, 0.1) is 16.4 Å². The molecule has 0 bridgehead atoms. The largest absolute Gasteiger partial charge is 0.320 e. The summed E-state index contributed by atoms with van der Waals surface area (Å²) in [6, 6.07) is 13.2. The lowest BCUT2D eigenvalue weighted by Crippen LogP contribution is -2.15. The number of anilines is 1. The number of nitro benzene ring substituents is 1. The number of tetrazole rings is 1. The molecule has 11 heteroatoms. The van der Waals surface area contributed by atoms with Gasteiger partial charge in [0.25, 0.3) is 5.69 Å². The minimum absolute atomic E-state index is 0.0309. The predicted molar refractivity (Wildman–Crippen MR) is 96.6 cm³/mol. The molecule has 0 saturated carbocycles. The van der Waals surface area contributed by atoms with E-state index in [0.29, 0.717) is 5.16 Å². The zero-order chi connectivity index (χ0) is 18.5. The zero-order valence-corrected chi connectivity index (χ0v) is 14.6. The fourth-order valence-corrected chi connectivity index (χ4v) is 2.95. The van der Waals surface area contributed by atoms with Gasteiger partial charge in [0.1, 0.15) is 5.69 Å². The van der Waals surface area contributed by atoms with Gasteiger partial charge < -0.3 is 5.32 Å². The molecule has 1 aromatic heterocycles. The van der Waals surface area contributed by atoms with E-state index in [2.05, 4.69) is 20.8 Å². The fourth-order valence-electron chi connectivity index (χ4n) is 2.08. The lowest BCUT2D eigenvalue weighted by Gasteiger charge is -2.07. The molecule has 1 heterocycles. The van der Waals surface area contributed by atoms with Gasteiger partial charge in [-0.15, -0.1) is 5.10 Å². The standard InChI is InChI=1S/C15H11ClN6O3S/c16-10-6-7-13(22(24)25)12(8-10)17-14(23)9-26-15-18-19-20-21(15)11-4-2-1-3-5-11/h1-8H,9H2,(H,17,23). The summed E-state index contributed by atoms with van der Waals surface area (Å²) < 4.78 is 1.50. The smallest absolute Gasteiger partial charge is 0.292 e. The van der Waals surface area contributed by atoms with Gasteiger partial charge in [-0.25, -0.2) is 0 Å². The number of carbonyl (C=O) groups excluding carboxylic acids is 1. The highest BCUT2D eigenvalue weighted by Gasteiger charge is 2.17. The Balaban J connectivity index is 1.69. The maximum Gasteiger partial charge on any atom is 0.292 e. The first kappa shape index (κ1) is 17.8. The number of nitrogens with zero attached hydrogens (tertiary/aromatic N) is 5. The molecular formula is C15H11ClN6O3S. The number of benzene rings is 2. The van der Waals surface area contributed by atoms with Crippen LogP contribution in [0.25, 0.3) is 5.69 Å². The minimum atomic E-state index is -0.588. The molecule has 2 aromatic carbocycles. The third-order valence-corrected chi connectivity index (χ3v) is 4.36. The molecular weight excluding hydrogens is 380 g/mol. The van der Waals surface area contributed by atoms with E-state index in [1.807, 2.05) is 30.3 Å². The van der Waals surface area contributed by atoms with Gasteiger partial charge in [-0.05, 0) is 34.7 Å². The molecule has 0 aliphatic heterocycles. The van der Waals surface area contributed by atoms with E-state index in [-0.39, 0.29) is 22.2 Å². The van der Waals surface area contributed by atoms with E-state index < -0.39 is 10.8 Å². The highest BCUT2D eigenvalue weighted by atomic mass is 35.5. The van der Waals surface area contributed by atoms with Crippen LogP contribution >= 0.6 is 23.4 Å². The summed E-state index contributed by atoms with van der Waals surface area (Å²) in [4.78, 5) is 22.6. The summed E-state index contributed by atoms with van der Waals surface area (Å²) in [6.45, 7) is 0. The molecule has 0 unspecified atom stereocenters. The van der Waals surface area contributed by atoms with E-state index in [1.54, 1.807) is 0 Å². The second kappa shape index (κ2) is 7.93. The normalized spacial score (nSPS) is 10.5. The van der Waals surface area contributed by atoms with Gasteiger partial charge in [0.15, 0.2) is 0 Å². The number of hydrogen-bond acceptors (Lipinski definition) is 7. The van der Waals surface area contributed by atoms with Crippen molar-refractivity contribution >= 4 is 40.6 Å². The number of halogens is 1. The number of carbonyl (C=O) groups is 1. The monoisotopic (exact) mass is 390 g/mol. The predicted octanol–water partition coefficient (Wildman–Crippen LogP) is 2.95. The number of nitrogens with one attached hydrogen (secondary N) is 1. The number of nitro groups is 1. The number of aromatic nitrogens is 4. The molecule has 0 aliphatic carbocycles. The van der Waals surface area contributed by atoms with Crippen LogP contribution in [0.1, 0.15) is 0 Å². The summed E-state index contributed by atoms with van der Waals surface area (Å²) in [6.07, 6.45) is 0. The number of para-hydroxylation sites is 1. The van der Waals surface area contributed by atoms with E-state index in [9.17, 15) is 14.9 Å². The number of rotatable bonds is 6. The van der Waals surface area contributed by atoms with Crippen molar-refractivity contribution in [3.05, 3.63) is 63.7 Å². The van der Waals surface area contributed by atoms with Crippen LogP contribution in [-0.4, -0.2) is 36.8 Å². The van der Waals surface area contributed by atoms with Gasteiger partial charge in [-0.2, -0.15) is 4.68 Å². The van der Waals surface area contributed by atoms with Crippen LogP contribution in [0, 0.1) is 10.1 Å². The van der Waals surface area contributed by atoms with E-state index >= 15 is 0 Å². The van der Waals surface area contributed by atoms with Crippen molar-refractivity contribution in [2.75, 3.05) is 11.1 Å². The Morgan fingerprint density at radius 3 is 2.77 bits per heavy atom. The van der Waals surface area contributed by atoms with Gasteiger partial charge in [0, 0.05) is 11.1 Å². The maximum atomic E-state index is 12.2. The number of amides is 1. The van der Waals surface area contributed by atoms with Crippen LogP contribution in [0.4, 0.5) is 11.4 Å².